The summed E-state index contributed by atoms with van der Waals surface area (Å²) in [7, 11) is 0. The van der Waals surface area contributed by atoms with E-state index in [1.165, 1.54) is 56.9 Å². The van der Waals surface area contributed by atoms with Gasteiger partial charge in [-0.1, -0.05) is 46.1 Å². The molecule has 0 nitrogen and oxygen atoms in total. The molecule has 0 aromatic rings. The highest BCUT2D eigenvalue weighted by molar-refractivity contribution is 4.98. The third kappa shape index (κ3) is 7.87. The van der Waals surface area contributed by atoms with E-state index in [1.807, 2.05) is 0 Å². The molecule has 0 rings (SSSR count). The van der Waals surface area contributed by atoms with Gasteiger partial charge in [0.2, 0.25) is 0 Å². The first-order valence-corrected chi connectivity index (χ1v) is 5.72. The smallest absolute Gasteiger partial charge is 0.0244 e. The van der Waals surface area contributed by atoms with E-state index in [0.717, 1.165) is 0 Å². The summed E-state index contributed by atoms with van der Waals surface area (Å²) in [6, 6.07) is 0. The van der Waals surface area contributed by atoms with Gasteiger partial charge in [-0.25, -0.2) is 0 Å². The highest BCUT2D eigenvalue weighted by Crippen LogP contribution is 2.14. The van der Waals surface area contributed by atoms with E-state index < -0.39 is 0 Å². The molecule has 0 aliphatic carbocycles. The molecule has 0 unspecified atom stereocenters. The summed E-state index contributed by atoms with van der Waals surface area (Å²) in [4.78, 5) is 0. The molecule has 0 atom stereocenters. The summed E-state index contributed by atoms with van der Waals surface area (Å²) in [5, 5.41) is 0. The van der Waals surface area contributed by atoms with Gasteiger partial charge in [0.15, 0.2) is 0 Å². The number of hydrogen-bond acceptors (Lipinski definition) is 0. The molecular weight excluding hydrogens is 156 g/mol. The molecule has 76 valence electrons. The fraction of sp³-hybridized carbons (Fsp3) is 0.769. The predicted octanol–water partition coefficient (Wildman–Crippen LogP) is 4.86. The van der Waals surface area contributed by atoms with E-state index in [1.54, 1.807) is 0 Å². The van der Waals surface area contributed by atoms with Crippen LogP contribution in [0.5, 0.6) is 0 Å². The monoisotopic (exact) mass is 180 g/mol. The van der Waals surface area contributed by atoms with Crippen molar-refractivity contribution in [3.63, 3.8) is 0 Å². The Hall–Kier alpha value is -0.480. The average Bonchev–Trinajstić information content (AvgIpc) is 2.16. The summed E-state index contributed by atoms with van der Waals surface area (Å²) in [5.41, 5.74) is 4.53. The number of allylic oxidation sites excluding steroid dienone is 1. The van der Waals surface area contributed by atoms with Crippen LogP contribution >= 0.6 is 0 Å². The van der Waals surface area contributed by atoms with Crippen LogP contribution in [0.2, 0.25) is 0 Å². The lowest BCUT2D eigenvalue weighted by atomic mass is 10.0. The standard InChI is InChI=1S/C13H24/c1-4-7-9-11-13(6-3)12-10-8-5-2/h3-5,7-12H2,1-2H3. The average molecular weight is 180 g/mol. The second-order valence-corrected chi connectivity index (χ2v) is 3.69. The summed E-state index contributed by atoms with van der Waals surface area (Å²) < 4.78 is 0. The first-order valence-electron chi connectivity index (χ1n) is 5.72. The molecule has 0 aromatic heterocycles. The van der Waals surface area contributed by atoms with E-state index in [-0.39, 0.29) is 0 Å². The van der Waals surface area contributed by atoms with E-state index in [9.17, 15) is 0 Å². The topological polar surface area (TPSA) is 0 Å². The van der Waals surface area contributed by atoms with Gasteiger partial charge in [0, 0.05) is 0 Å². The van der Waals surface area contributed by atoms with Gasteiger partial charge in [0.05, 0.1) is 0 Å². The van der Waals surface area contributed by atoms with Gasteiger partial charge in [-0.2, -0.15) is 0 Å². The molecule has 13 heavy (non-hydrogen) atoms. The lowest BCUT2D eigenvalue weighted by molar-refractivity contribution is 0.660. The molecule has 0 N–H and O–H groups in total. The molecule has 0 saturated carbocycles. The van der Waals surface area contributed by atoms with Crippen LogP contribution in [0.15, 0.2) is 17.9 Å². The van der Waals surface area contributed by atoms with Crippen molar-refractivity contribution in [3.8, 4) is 0 Å². The maximum absolute atomic E-state index is 3.76. The maximum Gasteiger partial charge on any atom is -0.0244 e. The SMILES string of the molecule is C=C=C(CCCCC)CCCCC. The summed E-state index contributed by atoms with van der Waals surface area (Å²) in [5.74, 6) is 0. The Morgan fingerprint density at radius 1 is 0.923 bits per heavy atom. The molecule has 0 aliphatic rings. The largest absolute Gasteiger partial charge is 0.130 e. The second kappa shape index (κ2) is 9.61. The minimum absolute atomic E-state index is 1.22. The summed E-state index contributed by atoms with van der Waals surface area (Å²) >= 11 is 0. The molecule has 0 bridgehead atoms. The minimum Gasteiger partial charge on any atom is -0.130 e. The van der Waals surface area contributed by atoms with Crippen LogP contribution in [0.1, 0.15) is 65.2 Å². The van der Waals surface area contributed by atoms with Crippen LogP contribution in [0, 0.1) is 0 Å². The van der Waals surface area contributed by atoms with Gasteiger partial charge < -0.3 is 0 Å². The van der Waals surface area contributed by atoms with Crippen molar-refractivity contribution in [2.45, 2.75) is 65.2 Å². The molecule has 0 saturated heterocycles. The second-order valence-electron chi connectivity index (χ2n) is 3.69. The van der Waals surface area contributed by atoms with Gasteiger partial charge in [-0.15, -0.1) is 5.73 Å². The Bertz CT molecular complexity index is 137. The van der Waals surface area contributed by atoms with Crippen LogP contribution in [-0.2, 0) is 0 Å². The van der Waals surface area contributed by atoms with Gasteiger partial charge in [-0.05, 0) is 31.3 Å². The van der Waals surface area contributed by atoms with E-state index in [2.05, 4.69) is 26.2 Å². The fourth-order valence-corrected chi connectivity index (χ4v) is 1.48. The summed E-state index contributed by atoms with van der Waals surface area (Å²) in [6.07, 6.45) is 10.4. The normalized spacial score (nSPS) is 9.69. The van der Waals surface area contributed by atoms with Crippen molar-refractivity contribution < 1.29 is 0 Å². The summed E-state index contributed by atoms with van der Waals surface area (Å²) in [6.45, 7) is 8.25. The minimum atomic E-state index is 1.22. The molecule has 0 radical (unpaired) electrons. The van der Waals surface area contributed by atoms with Crippen molar-refractivity contribution in [3.05, 3.63) is 17.9 Å². The Balaban J connectivity index is 3.47. The maximum atomic E-state index is 3.76. The van der Waals surface area contributed by atoms with Crippen molar-refractivity contribution >= 4 is 0 Å². The van der Waals surface area contributed by atoms with Crippen LogP contribution in [0.3, 0.4) is 0 Å². The van der Waals surface area contributed by atoms with Crippen LogP contribution < -0.4 is 0 Å². The van der Waals surface area contributed by atoms with Crippen molar-refractivity contribution in [2.24, 2.45) is 0 Å². The Labute approximate surface area is 83.7 Å². The first kappa shape index (κ1) is 12.5. The third-order valence-corrected chi connectivity index (χ3v) is 2.41. The molecule has 0 aromatic carbocycles. The van der Waals surface area contributed by atoms with E-state index in [4.69, 9.17) is 0 Å². The predicted molar refractivity (Wildman–Crippen MR) is 60.9 cm³/mol. The molecule has 0 heteroatoms. The lowest BCUT2D eigenvalue weighted by Gasteiger charge is -2.03. The van der Waals surface area contributed by atoms with Gasteiger partial charge >= 0.3 is 0 Å². The molecule has 0 spiro atoms. The molecular formula is C13H24. The zero-order chi connectivity index (χ0) is 9.94. The Morgan fingerprint density at radius 3 is 1.69 bits per heavy atom. The highest BCUT2D eigenvalue weighted by Gasteiger charge is 1.96. The van der Waals surface area contributed by atoms with Crippen LogP contribution in [0.4, 0.5) is 0 Å². The quantitative estimate of drug-likeness (QED) is 0.370. The number of hydrogen-bond donors (Lipinski definition) is 0. The fourth-order valence-electron chi connectivity index (χ4n) is 1.48. The Morgan fingerprint density at radius 2 is 1.38 bits per heavy atom. The zero-order valence-corrected chi connectivity index (χ0v) is 9.36. The Kier molecular flexibility index (Phi) is 9.25. The van der Waals surface area contributed by atoms with Gasteiger partial charge in [-0.3, -0.25) is 0 Å². The third-order valence-electron chi connectivity index (χ3n) is 2.41. The van der Waals surface area contributed by atoms with Crippen LogP contribution in [-0.4, -0.2) is 0 Å². The van der Waals surface area contributed by atoms with Crippen molar-refractivity contribution in [1.82, 2.24) is 0 Å². The van der Waals surface area contributed by atoms with E-state index >= 15 is 0 Å². The molecule has 0 amide bonds. The zero-order valence-electron chi connectivity index (χ0n) is 9.36. The van der Waals surface area contributed by atoms with Gasteiger partial charge in [0.25, 0.3) is 0 Å². The van der Waals surface area contributed by atoms with Crippen LogP contribution in [0.25, 0.3) is 0 Å². The molecule has 0 aliphatic heterocycles. The van der Waals surface area contributed by atoms with E-state index in [0.29, 0.717) is 0 Å². The molecule has 0 heterocycles. The molecule has 0 fully saturated rings. The number of rotatable bonds is 8. The first-order chi connectivity index (χ1) is 6.35. The van der Waals surface area contributed by atoms with Crippen molar-refractivity contribution in [1.29, 1.82) is 0 Å². The van der Waals surface area contributed by atoms with Crippen molar-refractivity contribution in [2.75, 3.05) is 0 Å². The lowest BCUT2D eigenvalue weighted by Crippen LogP contribution is -1.84. The van der Waals surface area contributed by atoms with Gasteiger partial charge in [0.1, 0.15) is 0 Å². The highest BCUT2D eigenvalue weighted by atomic mass is 14.0. The number of unbranched alkanes of at least 4 members (excludes halogenated alkanes) is 4.